The van der Waals surface area contributed by atoms with Gasteiger partial charge in [0.05, 0.1) is 5.69 Å². The van der Waals surface area contributed by atoms with Crippen molar-refractivity contribution in [1.82, 2.24) is 0 Å². The van der Waals surface area contributed by atoms with E-state index >= 15 is 0 Å². The van der Waals surface area contributed by atoms with Crippen LogP contribution in [0.15, 0.2) is 211 Å². The molecule has 0 amide bonds. The molecule has 1 aliphatic carbocycles. The zero-order valence-electron chi connectivity index (χ0n) is 32.0. The van der Waals surface area contributed by atoms with E-state index in [4.69, 9.17) is 4.42 Å². The Hall–Kier alpha value is -7.42. The minimum absolute atomic E-state index is 0.544. The molecule has 10 aromatic carbocycles. The van der Waals surface area contributed by atoms with Crippen LogP contribution in [-0.4, -0.2) is 0 Å². The van der Waals surface area contributed by atoms with Crippen molar-refractivity contribution in [3.05, 3.63) is 223 Å². The van der Waals surface area contributed by atoms with Crippen LogP contribution in [0.5, 0.6) is 0 Å². The first kappa shape index (κ1) is 32.8. The summed E-state index contributed by atoms with van der Waals surface area (Å²) in [4.78, 5) is 2.47. The van der Waals surface area contributed by atoms with Gasteiger partial charge in [0.2, 0.25) is 0 Å². The monoisotopic (exact) mass is 739 g/mol. The van der Waals surface area contributed by atoms with E-state index in [1.807, 2.05) is 0 Å². The Labute approximate surface area is 336 Å². The molecule has 58 heavy (non-hydrogen) atoms. The van der Waals surface area contributed by atoms with Crippen LogP contribution in [-0.2, 0) is 5.41 Å². The fourth-order valence-corrected chi connectivity index (χ4v) is 10.1. The second-order valence-electron chi connectivity index (χ2n) is 15.7. The van der Waals surface area contributed by atoms with Crippen LogP contribution in [0.3, 0.4) is 0 Å². The van der Waals surface area contributed by atoms with Crippen LogP contribution in [0.25, 0.3) is 76.5 Å². The minimum atomic E-state index is -0.544. The largest absolute Gasteiger partial charge is 0.456 e. The van der Waals surface area contributed by atoms with E-state index in [-0.39, 0.29) is 0 Å². The summed E-state index contributed by atoms with van der Waals surface area (Å²) in [6.07, 6.45) is 0. The number of fused-ring (bicyclic) bond motifs is 12. The van der Waals surface area contributed by atoms with Crippen LogP contribution in [0.2, 0.25) is 0 Å². The fourth-order valence-electron chi connectivity index (χ4n) is 10.1. The molecule has 0 spiro atoms. The Balaban J connectivity index is 1.20. The van der Waals surface area contributed by atoms with Crippen molar-refractivity contribution in [1.29, 1.82) is 0 Å². The van der Waals surface area contributed by atoms with Crippen molar-refractivity contribution in [2.45, 2.75) is 12.3 Å². The molecule has 2 heteroatoms. The van der Waals surface area contributed by atoms with Crippen molar-refractivity contribution in [3.63, 3.8) is 0 Å². The Morgan fingerprint density at radius 2 is 0.862 bits per heavy atom. The third-order valence-electron chi connectivity index (χ3n) is 12.7. The molecule has 0 fully saturated rings. The molecule has 12 rings (SSSR count). The van der Waals surface area contributed by atoms with Gasteiger partial charge < -0.3 is 9.32 Å². The summed E-state index contributed by atoms with van der Waals surface area (Å²) in [6, 6.07) is 75.3. The summed E-state index contributed by atoms with van der Waals surface area (Å²) in [5.41, 5.74) is 13.1. The van der Waals surface area contributed by atoms with Gasteiger partial charge in [-0.1, -0.05) is 164 Å². The molecule has 0 saturated carbocycles. The number of benzene rings is 10. The summed E-state index contributed by atoms with van der Waals surface area (Å²) in [5.74, 6) is 0. The van der Waals surface area contributed by atoms with E-state index in [1.54, 1.807) is 0 Å². The van der Waals surface area contributed by atoms with Gasteiger partial charge in [0, 0.05) is 33.1 Å². The Bertz CT molecular complexity index is 3330. The van der Waals surface area contributed by atoms with E-state index in [2.05, 4.69) is 218 Å². The number of rotatable bonds is 5. The zero-order valence-corrected chi connectivity index (χ0v) is 32.0. The molecule has 11 aromatic rings. The molecule has 0 bridgehead atoms. The Morgan fingerprint density at radius 3 is 1.52 bits per heavy atom. The molecule has 0 N–H and O–H groups in total. The third kappa shape index (κ3) is 4.66. The second kappa shape index (κ2) is 12.5. The van der Waals surface area contributed by atoms with Crippen molar-refractivity contribution < 1.29 is 4.42 Å². The third-order valence-corrected chi connectivity index (χ3v) is 12.7. The van der Waals surface area contributed by atoms with Gasteiger partial charge in [-0.2, -0.15) is 0 Å². The van der Waals surface area contributed by atoms with Gasteiger partial charge in [0.25, 0.3) is 0 Å². The highest BCUT2D eigenvalue weighted by Gasteiger charge is 2.45. The highest BCUT2D eigenvalue weighted by atomic mass is 16.3. The quantitative estimate of drug-likeness (QED) is 0.163. The van der Waals surface area contributed by atoms with Crippen molar-refractivity contribution in [2.75, 3.05) is 4.90 Å². The summed E-state index contributed by atoms with van der Waals surface area (Å²) in [5, 5.41) is 9.76. The van der Waals surface area contributed by atoms with E-state index < -0.39 is 5.41 Å². The minimum Gasteiger partial charge on any atom is -0.456 e. The number of hydrogen-bond donors (Lipinski definition) is 0. The summed E-state index contributed by atoms with van der Waals surface area (Å²) < 4.78 is 7.08. The first-order valence-electron chi connectivity index (χ1n) is 20.1. The van der Waals surface area contributed by atoms with Gasteiger partial charge >= 0.3 is 0 Å². The standard InChI is InChI=1S/C56H37NO/c1-56(50-24-12-9-21-45(50)46-22-10-13-25-51(46)56)54-52(34-33-48-47-23-11-14-26-53(47)58-55(48)54)57(38-29-27-37(28-30-38)36-15-3-2-4-16-36)39-31-32-44-42-19-6-5-17-40(42)41-18-7-8-20-43(41)49(44)35-39/h2-35H,1H3. The zero-order chi connectivity index (χ0) is 38.4. The lowest BCUT2D eigenvalue weighted by Crippen LogP contribution is -2.26. The molecule has 0 aliphatic heterocycles. The highest BCUT2D eigenvalue weighted by molar-refractivity contribution is 6.26. The first-order chi connectivity index (χ1) is 28.7. The summed E-state index contributed by atoms with van der Waals surface area (Å²) in [7, 11) is 0. The van der Waals surface area contributed by atoms with E-state index in [9.17, 15) is 0 Å². The molecule has 0 atom stereocenters. The second-order valence-corrected chi connectivity index (χ2v) is 15.7. The Morgan fingerprint density at radius 1 is 0.379 bits per heavy atom. The van der Waals surface area contributed by atoms with Crippen molar-refractivity contribution in [2.24, 2.45) is 0 Å². The molecule has 2 nitrogen and oxygen atoms in total. The average molecular weight is 740 g/mol. The van der Waals surface area contributed by atoms with Crippen LogP contribution >= 0.6 is 0 Å². The number of anilines is 3. The SMILES string of the molecule is CC1(c2c(N(c3ccc(-c4ccccc4)cc3)c3ccc4c5ccccc5c5ccccc5c4c3)ccc3c2oc2ccccc23)c2ccccc2-c2ccccc21. The molecule has 0 radical (unpaired) electrons. The lowest BCUT2D eigenvalue weighted by molar-refractivity contribution is 0.638. The lowest BCUT2D eigenvalue weighted by atomic mass is 9.72. The highest BCUT2D eigenvalue weighted by Crippen LogP contribution is 2.58. The van der Waals surface area contributed by atoms with Crippen LogP contribution in [0, 0.1) is 0 Å². The van der Waals surface area contributed by atoms with Crippen LogP contribution in [0.1, 0.15) is 23.6 Å². The lowest BCUT2D eigenvalue weighted by Gasteiger charge is -2.35. The van der Waals surface area contributed by atoms with Gasteiger partial charge in [-0.25, -0.2) is 0 Å². The fraction of sp³-hybridized carbons (Fsp3) is 0.0357. The van der Waals surface area contributed by atoms with E-state index in [0.717, 1.165) is 44.6 Å². The number of furan rings is 1. The number of para-hydroxylation sites is 1. The van der Waals surface area contributed by atoms with E-state index in [0.29, 0.717) is 0 Å². The molecule has 272 valence electrons. The normalized spacial score (nSPS) is 13.1. The predicted octanol–water partition coefficient (Wildman–Crippen LogP) is 15.5. The maximum atomic E-state index is 7.08. The van der Waals surface area contributed by atoms with Crippen molar-refractivity contribution in [3.8, 4) is 22.3 Å². The van der Waals surface area contributed by atoms with Gasteiger partial charge in [0.1, 0.15) is 11.2 Å². The number of hydrogen-bond acceptors (Lipinski definition) is 2. The maximum absolute atomic E-state index is 7.08. The molecule has 0 unspecified atom stereocenters. The topological polar surface area (TPSA) is 16.4 Å². The molecule has 1 heterocycles. The predicted molar refractivity (Wildman–Crippen MR) is 244 cm³/mol. The van der Waals surface area contributed by atoms with Gasteiger partial charge in [0.15, 0.2) is 0 Å². The average Bonchev–Trinajstić information content (AvgIpc) is 3.80. The Kier molecular flexibility index (Phi) is 7.09. The molecule has 1 aliphatic rings. The smallest absolute Gasteiger partial charge is 0.141 e. The van der Waals surface area contributed by atoms with Crippen LogP contribution in [0.4, 0.5) is 17.1 Å². The maximum Gasteiger partial charge on any atom is 0.141 e. The molecular formula is C56H37NO. The van der Waals surface area contributed by atoms with E-state index in [1.165, 1.54) is 65.7 Å². The van der Waals surface area contributed by atoms with Gasteiger partial charge in [-0.3, -0.25) is 0 Å². The summed E-state index contributed by atoms with van der Waals surface area (Å²) >= 11 is 0. The van der Waals surface area contributed by atoms with Gasteiger partial charge in [-0.15, -0.1) is 0 Å². The molecular weight excluding hydrogens is 703 g/mol. The molecule has 0 saturated heterocycles. The van der Waals surface area contributed by atoms with Crippen LogP contribution < -0.4 is 4.90 Å². The van der Waals surface area contributed by atoms with Gasteiger partial charge in [-0.05, 0) is 115 Å². The molecule has 1 aromatic heterocycles. The van der Waals surface area contributed by atoms with Crippen molar-refractivity contribution >= 4 is 71.3 Å². The summed E-state index contributed by atoms with van der Waals surface area (Å²) in [6.45, 7) is 2.40. The first-order valence-corrected chi connectivity index (χ1v) is 20.1. The number of nitrogens with zero attached hydrogens (tertiary/aromatic N) is 1.